The molecule has 1 amide bonds. The van der Waals surface area contributed by atoms with Crippen molar-refractivity contribution in [2.45, 2.75) is 40.7 Å². The molecule has 1 rings (SSSR count). The minimum atomic E-state index is -0.0731. The summed E-state index contributed by atoms with van der Waals surface area (Å²) >= 11 is 0. The van der Waals surface area contributed by atoms with Gasteiger partial charge < -0.3 is 11.1 Å². The first-order chi connectivity index (χ1) is 8.49. The van der Waals surface area contributed by atoms with Gasteiger partial charge in [-0.1, -0.05) is 24.6 Å². The molecular formula is C15H24N2O. The molecule has 1 aromatic rings. The number of amides is 1. The Morgan fingerprint density at radius 1 is 1.28 bits per heavy atom. The Morgan fingerprint density at radius 3 is 2.28 bits per heavy atom. The predicted octanol–water partition coefficient (Wildman–Crippen LogP) is 2.21. The van der Waals surface area contributed by atoms with Gasteiger partial charge in [0.1, 0.15) is 0 Å². The molecule has 0 aliphatic heterocycles. The van der Waals surface area contributed by atoms with Crippen molar-refractivity contribution >= 4 is 5.91 Å². The molecule has 0 fully saturated rings. The molecule has 0 bridgehead atoms. The van der Waals surface area contributed by atoms with Crippen LogP contribution in [0, 0.1) is 26.7 Å². The third-order valence-corrected chi connectivity index (χ3v) is 3.43. The summed E-state index contributed by atoms with van der Waals surface area (Å²) in [4.78, 5) is 11.9. The zero-order valence-corrected chi connectivity index (χ0v) is 11.8. The zero-order chi connectivity index (χ0) is 13.7. The van der Waals surface area contributed by atoms with Crippen LogP contribution in [0.15, 0.2) is 12.1 Å². The van der Waals surface area contributed by atoms with Gasteiger partial charge in [0.2, 0.25) is 5.91 Å². The van der Waals surface area contributed by atoms with Crippen molar-refractivity contribution in [3.63, 3.8) is 0 Å². The number of aryl methyl sites for hydroxylation is 3. The molecule has 3 N–H and O–H groups in total. The van der Waals surface area contributed by atoms with Crippen LogP contribution in [0.25, 0.3) is 0 Å². The largest absolute Gasteiger partial charge is 0.352 e. The van der Waals surface area contributed by atoms with Gasteiger partial charge in [-0.25, -0.2) is 0 Å². The fourth-order valence-electron chi connectivity index (χ4n) is 2.27. The molecule has 3 heteroatoms. The Bertz CT molecular complexity index is 399. The monoisotopic (exact) mass is 248 g/mol. The summed E-state index contributed by atoms with van der Waals surface area (Å²) in [6.45, 7) is 9.24. The van der Waals surface area contributed by atoms with Crippen LogP contribution in [0.3, 0.4) is 0 Å². The van der Waals surface area contributed by atoms with Crippen molar-refractivity contribution in [3.05, 3.63) is 34.4 Å². The number of carbonyl (C=O) groups is 1. The SMILES string of the molecule is CCC(CN)C(=O)NCc1c(C)cc(C)cc1C. The highest BCUT2D eigenvalue weighted by Gasteiger charge is 2.14. The van der Waals surface area contributed by atoms with Crippen molar-refractivity contribution < 1.29 is 4.79 Å². The van der Waals surface area contributed by atoms with E-state index in [1.54, 1.807) is 0 Å². The Hall–Kier alpha value is -1.35. The van der Waals surface area contributed by atoms with Gasteiger partial charge in [0.25, 0.3) is 0 Å². The first kappa shape index (κ1) is 14.7. The van der Waals surface area contributed by atoms with Crippen LogP contribution in [-0.4, -0.2) is 12.5 Å². The fourth-order valence-corrected chi connectivity index (χ4v) is 2.27. The van der Waals surface area contributed by atoms with Gasteiger partial charge in [0.15, 0.2) is 0 Å². The second-order valence-electron chi connectivity index (χ2n) is 4.94. The predicted molar refractivity (Wildman–Crippen MR) is 75.3 cm³/mol. The summed E-state index contributed by atoms with van der Waals surface area (Å²) in [7, 11) is 0. The lowest BCUT2D eigenvalue weighted by Crippen LogP contribution is -2.34. The van der Waals surface area contributed by atoms with Crippen molar-refractivity contribution in [3.8, 4) is 0 Å². The Labute approximate surface area is 110 Å². The van der Waals surface area contributed by atoms with Gasteiger partial charge in [-0.2, -0.15) is 0 Å². The maximum absolute atomic E-state index is 11.9. The van der Waals surface area contributed by atoms with Gasteiger partial charge in [-0.05, 0) is 43.9 Å². The third kappa shape index (κ3) is 3.57. The zero-order valence-electron chi connectivity index (χ0n) is 11.8. The summed E-state index contributed by atoms with van der Waals surface area (Å²) in [6, 6.07) is 4.30. The van der Waals surface area contributed by atoms with Gasteiger partial charge in [-0.15, -0.1) is 0 Å². The van der Waals surface area contributed by atoms with Crippen molar-refractivity contribution in [1.29, 1.82) is 0 Å². The van der Waals surface area contributed by atoms with Crippen LogP contribution in [0.1, 0.15) is 35.6 Å². The quantitative estimate of drug-likeness (QED) is 0.839. The topological polar surface area (TPSA) is 55.1 Å². The molecule has 18 heavy (non-hydrogen) atoms. The molecule has 0 aliphatic carbocycles. The van der Waals surface area contributed by atoms with E-state index < -0.39 is 0 Å². The fraction of sp³-hybridized carbons (Fsp3) is 0.533. The Kier molecular flexibility index (Phi) is 5.35. The molecule has 1 unspecified atom stereocenters. The van der Waals surface area contributed by atoms with E-state index in [0.717, 1.165) is 6.42 Å². The Balaban J connectivity index is 2.72. The molecule has 0 saturated carbocycles. The molecule has 0 aliphatic rings. The van der Waals surface area contributed by atoms with Gasteiger partial charge in [0.05, 0.1) is 0 Å². The van der Waals surface area contributed by atoms with E-state index in [9.17, 15) is 4.79 Å². The van der Waals surface area contributed by atoms with Crippen molar-refractivity contribution in [2.24, 2.45) is 11.7 Å². The summed E-state index contributed by atoms with van der Waals surface area (Å²) in [5.41, 5.74) is 10.5. The van der Waals surface area contributed by atoms with Crippen LogP contribution in [0.4, 0.5) is 0 Å². The summed E-state index contributed by atoms with van der Waals surface area (Å²) in [5.74, 6) is -0.0181. The van der Waals surface area contributed by atoms with Crippen LogP contribution in [-0.2, 0) is 11.3 Å². The average molecular weight is 248 g/mol. The summed E-state index contributed by atoms with van der Waals surface area (Å²) < 4.78 is 0. The van der Waals surface area contributed by atoms with Crippen LogP contribution >= 0.6 is 0 Å². The normalized spacial score (nSPS) is 12.3. The van der Waals surface area contributed by atoms with E-state index in [1.807, 2.05) is 6.92 Å². The van der Waals surface area contributed by atoms with Crippen LogP contribution < -0.4 is 11.1 Å². The number of hydrogen-bond acceptors (Lipinski definition) is 2. The summed E-state index contributed by atoms with van der Waals surface area (Å²) in [5, 5.41) is 2.98. The first-order valence-electron chi connectivity index (χ1n) is 6.54. The highest BCUT2D eigenvalue weighted by Crippen LogP contribution is 2.16. The number of nitrogens with two attached hydrogens (primary N) is 1. The van der Waals surface area contributed by atoms with Gasteiger partial charge in [0, 0.05) is 19.0 Å². The minimum absolute atomic E-state index is 0.0550. The van der Waals surface area contributed by atoms with E-state index in [2.05, 4.69) is 38.2 Å². The molecular weight excluding hydrogens is 224 g/mol. The van der Waals surface area contributed by atoms with Gasteiger partial charge >= 0.3 is 0 Å². The van der Waals surface area contributed by atoms with Crippen molar-refractivity contribution in [2.75, 3.05) is 6.54 Å². The maximum atomic E-state index is 11.9. The molecule has 0 aromatic heterocycles. The van der Waals surface area contributed by atoms with E-state index in [0.29, 0.717) is 13.1 Å². The van der Waals surface area contributed by atoms with E-state index >= 15 is 0 Å². The molecule has 0 heterocycles. The second kappa shape index (κ2) is 6.55. The third-order valence-electron chi connectivity index (χ3n) is 3.43. The van der Waals surface area contributed by atoms with E-state index in [1.165, 1.54) is 22.3 Å². The standard InChI is InChI=1S/C15H24N2O/c1-5-13(8-16)15(18)17-9-14-11(3)6-10(2)7-12(14)4/h6-7,13H,5,8-9,16H2,1-4H3,(H,17,18). The molecule has 1 atom stereocenters. The highest BCUT2D eigenvalue weighted by molar-refractivity contribution is 5.78. The molecule has 100 valence electrons. The number of rotatable bonds is 5. The number of benzene rings is 1. The number of carbonyl (C=O) groups excluding carboxylic acids is 1. The van der Waals surface area contributed by atoms with E-state index in [4.69, 9.17) is 5.73 Å². The highest BCUT2D eigenvalue weighted by atomic mass is 16.1. The van der Waals surface area contributed by atoms with E-state index in [-0.39, 0.29) is 11.8 Å². The number of hydrogen-bond donors (Lipinski definition) is 2. The van der Waals surface area contributed by atoms with Crippen LogP contribution in [0.5, 0.6) is 0 Å². The number of nitrogens with one attached hydrogen (secondary N) is 1. The van der Waals surface area contributed by atoms with Crippen molar-refractivity contribution in [1.82, 2.24) is 5.32 Å². The molecule has 0 spiro atoms. The Morgan fingerprint density at radius 2 is 1.83 bits per heavy atom. The maximum Gasteiger partial charge on any atom is 0.224 e. The lowest BCUT2D eigenvalue weighted by Gasteiger charge is -2.15. The second-order valence-corrected chi connectivity index (χ2v) is 4.94. The lowest BCUT2D eigenvalue weighted by atomic mass is 9.99. The van der Waals surface area contributed by atoms with Crippen LogP contribution in [0.2, 0.25) is 0 Å². The minimum Gasteiger partial charge on any atom is -0.352 e. The average Bonchev–Trinajstić information content (AvgIpc) is 2.29. The first-order valence-corrected chi connectivity index (χ1v) is 6.54. The summed E-state index contributed by atoms with van der Waals surface area (Å²) in [6.07, 6.45) is 0.786. The smallest absolute Gasteiger partial charge is 0.224 e. The van der Waals surface area contributed by atoms with Gasteiger partial charge in [-0.3, -0.25) is 4.79 Å². The molecule has 0 saturated heterocycles. The molecule has 1 aromatic carbocycles. The molecule has 3 nitrogen and oxygen atoms in total. The lowest BCUT2D eigenvalue weighted by molar-refractivity contribution is -0.124. The molecule has 0 radical (unpaired) electrons.